The Bertz CT molecular complexity index is 1020. The van der Waals surface area contributed by atoms with Crippen LogP contribution in [0.15, 0.2) is 40.1 Å². The number of halogens is 3. The van der Waals surface area contributed by atoms with Crippen LogP contribution in [-0.4, -0.2) is 19.5 Å². The first-order valence-corrected chi connectivity index (χ1v) is 6.44. The number of alkyl halides is 3. The number of nitrogens with zero attached hydrogens (tertiary/aromatic N) is 3. The van der Waals surface area contributed by atoms with E-state index in [1.807, 2.05) is 0 Å². The zero-order chi connectivity index (χ0) is 16.8. The number of aromatic nitrogens is 4. The van der Waals surface area contributed by atoms with E-state index in [4.69, 9.17) is 0 Å². The second kappa shape index (κ2) is 5.04. The van der Waals surface area contributed by atoms with Gasteiger partial charge in [0.2, 0.25) is 0 Å². The molecule has 0 aliphatic rings. The van der Waals surface area contributed by atoms with Crippen LogP contribution in [0.1, 0.15) is 11.4 Å². The maximum Gasteiger partial charge on any atom is 0.433 e. The highest BCUT2D eigenvalue weighted by Gasteiger charge is 2.33. The first-order valence-electron chi connectivity index (χ1n) is 6.44. The van der Waals surface area contributed by atoms with Crippen molar-refractivity contribution in [2.24, 2.45) is 0 Å². The quantitative estimate of drug-likeness (QED) is 0.741. The van der Waals surface area contributed by atoms with Crippen molar-refractivity contribution in [3.05, 3.63) is 62.7 Å². The predicted molar refractivity (Wildman–Crippen MR) is 75.5 cm³/mol. The van der Waals surface area contributed by atoms with E-state index in [1.165, 1.54) is 18.3 Å². The molecule has 0 fully saturated rings. The molecule has 0 spiro atoms. The van der Waals surface area contributed by atoms with Crippen LogP contribution in [0, 0.1) is 6.92 Å². The molecule has 3 heterocycles. The van der Waals surface area contributed by atoms with Gasteiger partial charge in [0, 0.05) is 6.20 Å². The number of H-pyrrole nitrogens is 1. The fourth-order valence-corrected chi connectivity index (χ4v) is 2.21. The number of fused-ring (bicyclic) bond motifs is 1. The number of hydrogen-bond donors (Lipinski definition) is 1. The van der Waals surface area contributed by atoms with E-state index in [-0.39, 0.29) is 16.7 Å². The molecule has 23 heavy (non-hydrogen) atoms. The third kappa shape index (κ3) is 2.50. The Hall–Kier alpha value is -2.97. The van der Waals surface area contributed by atoms with Crippen molar-refractivity contribution in [1.29, 1.82) is 0 Å². The summed E-state index contributed by atoms with van der Waals surface area (Å²) in [6.07, 6.45) is -3.21. The molecule has 0 radical (unpaired) electrons. The molecule has 0 atom stereocenters. The smallest absolute Gasteiger partial charge is 0.273 e. The summed E-state index contributed by atoms with van der Waals surface area (Å²) in [6.45, 7) is 1.59. The van der Waals surface area contributed by atoms with Gasteiger partial charge in [-0.05, 0) is 31.2 Å². The summed E-state index contributed by atoms with van der Waals surface area (Å²) in [6, 6.07) is 4.72. The largest absolute Gasteiger partial charge is 0.433 e. The van der Waals surface area contributed by atoms with Crippen molar-refractivity contribution in [2.45, 2.75) is 13.1 Å². The summed E-state index contributed by atoms with van der Waals surface area (Å²) < 4.78 is 39.6. The zero-order valence-electron chi connectivity index (χ0n) is 11.7. The Morgan fingerprint density at radius 1 is 1.17 bits per heavy atom. The first kappa shape index (κ1) is 14.9. The van der Waals surface area contributed by atoms with Crippen molar-refractivity contribution in [2.75, 3.05) is 0 Å². The van der Waals surface area contributed by atoms with Gasteiger partial charge >= 0.3 is 11.9 Å². The molecule has 3 rings (SSSR count). The SMILES string of the molecule is Cc1ncccc1-n1c(=O)[nH]c(=O)c2ccc(C(F)(F)F)nc21. The van der Waals surface area contributed by atoms with Crippen LogP contribution in [0.4, 0.5) is 13.2 Å². The number of aromatic amines is 1. The Morgan fingerprint density at radius 3 is 2.57 bits per heavy atom. The van der Waals surface area contributed by atoms with Crippen LogP contribution in [0.2, 0.25) is 0 Å². The number of nitrogens with one attached hydrogen (secondary N) is 1. The van der Waals surface area contributed by atoms with E-state index in [1.54, 1.807) is 6.92 Å². The van der Waals surface area contributed by atoms with Gasteiger partial charge in [-0.3, -0.25) is 14.8 Å². The number of rotatable bonds is 1. The van der Waals surface area contributed by atoms with Gasteiger partial charge in [0.1, 0.15) is 5.69 Å². The van der Waals surface area contributed by atoms with E-state index in [2.05, 4.69) is 15.0 Å². The molecular weight excluding hydrogens is 313 g/mol. The lowest BCUT2D eigenvalue weighted by Gasteiger charge is -2.12. The summed E-state index contributed by atoms with van der Waals surface area (Å²) in [5, 5.41) is -0.124. The second-order valence-electron chi connectivity index (χ2n) is 4.77. The third-order valence-corrected chi connectivity index (χ3v) is 3.27. The molecule has 1 N–H and O–H groups in total. The van der Waals surface area contributed by atoms with Crippen molar-refractivity contribution in [1.82, 2.24) is 19.5 Å². The lowest BCUT2D eigenvalue weighted by atomic mass is 10.2. The van der Waals surface area contributed by atoms with Gasteiger partial charge in [-0.15, -0.1) is 0 Å². The molecule has 6 nitrogen and oxygen atoms in total. The Labute approximate surface area is 126 Å². The van der Waals surface area contributed by atoms with Gasteiger partial charge in [-0.25, -0.2) is 14.3 Å². The lowest BCUT2D eigenvalue weighted by molar-refractivity contribution is -0.141. The number of hydrogen-bond acceptors (Lipinski definition) is 4. The molecule has 0 amide bonds. The summed E-state index contributed by atoms with van der Waals surface area (Å²) in [5.41, 5.74) is -2.60. The van der Waals surface area contributed by atoms with E-state index < -0.39 is 23.1 Å². The minimum atomic E-state index is -4.69. The van der Waals surface area contributed by atoms with Gasteiger partial charge in [0.25, 0.3) is 5.56 Å². The molecule has 0 unspecified atom stereocenters. The maximum absolute atomic E-state index is 12.9. The normalized spacial score (nSPS) is 11.8. The molecule has 0 saturated heterocycles. The molecule has 0 saturated carbocycles. The minimum absolute atomic E-state index is 0.124. The molecule has 3 aromatic rings. The average molecular weight is 322 g/mol. The second-order valence-corrected chi connectivity index (χ2v) is 4.77. The van der Waals surface area contributed by atoms with E-state index in [9.17, 15) is 22.8 Å². The van der Waals surface area contributed by atoms with Gasteiger partial charge in [0.15, 0.2) is 5.65 Å². The Balaban J connectivity index is 2.48. The van der Waals surface area contributed by atoms with E-state index in [0.29, 0.717) is 11.8 Å². The number of aryl methyl sites for hydroxylation is 1. The van der Waals surface area contributed by atoms with Crippen molar-refractivity contribution in [3.63, 3.8) is 0 Å². The molecule has 3 aromatic heterocycles. The van der Waals surface area contributed by atoms with Crippen molar-refractivity contribution in [3.8, 4) is 5.69 Å². The van der Waals surface area contributed by atoms with E-state index in [0.717, 1.165) is 10.6 Å². The summed E-state index contributed by atoms with van der Waals surface area (Å²) >= 11 is 0. The summed E-state index contributed by atoms with van der Waals surface area (Å²) in [7, 11) is 0. The van der Waals surface area contributed by atoms with Crippen LogP contribution in [0.25, 0.3) is 16.7 Å². The van der Waals surface area contributed by atoms with Crippen LogP contribution >= 0.6 is 0 Å². The fraction of sp³-hybridized carbons (Fsp3) is 0.143. The molecule has 0 aromatic carbocycles. The molecule has 118 valence electrons. The summed E-state index contributed by atoms with van der Waals surface area (Å²) in [4.78, 5) is 33.5. The Morgan fingerprint density at radius 2 is 1.91 bits per heavy atom. The van der Waals surface area contributed by atoms with Gasteiger partial charge in [-0.1, -0.05) is 0 Å². The highest BCUT2D eigenvalue weighted by atomic mass is 19.4. The lowest BCUT2D eigenvalue weighted by Crippen LogP contribution is -2.30. The van der Waals surface area contributed by atoms with E-state index >= 15 is 0 Å². The fourth-order valence-electron chi connectivity index (χ4n) is 2.21. The van der Waals surface area contributed by atoms with Crippen molar-refractivity contribution >= 4 is 11.0 Å². The van der Waals surface area contributed by atoms with Crippen LogP contribution < -0.4 is 11.2 Å². The standard InChI is InChI=1S/C14H9F3N4O2/c1-7-9(3-2-6-18-7)21-11-8(12(22)20-13(21)23)4-5-10(19-11)14(15,16)17/h2-6H,1H3,(H,20,22,23). The molecule has 0 aliphatic carbocycles. The van der Waals surface area contributed by atoms with Crippen LogP contribution in [0.3, 0.4) is 0 Å². The number of pyridine rings is 2. The van der Waals surface area contributed by atoms with Crippen LogP contribution in [0.5, 0.6) is 0 Å². The summed E-state index contributed by atoms with van der Waals surface area (Å²) in [5.74, 6) is 0. The van der Waals surface area contributed by atoms with Crippen molar-refractivity contribution < 1.29 is 13.2 Å². The molecule has 9 heteroatoms. The van der Waals surface area contributed by atoms with Crippen LogP contribution in [-0.2, 0) is 6.18 Å². The zero-order valence-corrected chi connectivity index (χ0v) is 11.7. The van der Waals surface area contributed by atoms with Gasteiger partial charge in [-0.2, -0.15) is 13.2 Å². The third-order valence-electron chi connectivity index (χ3n) is 3.27. The molecule has 0 bridgehead atoms. The maximum atomic E-state index is 12.9. The topological polar surface area (TPSA) is 80.6 Å². The Kier molecular flexibility index (Phi) is 3.28. The highest BCUT2D eigenvalue weighted by Crippen LogP contribution is 2.28. The minimum Gasteiger partial charge on any atom is -0.273 e. The van der Waals surface area contributed by atoms with Gasteiger partial charge < -0.3 is 0 Å². The average Bonchev–Trinajstić information content (AvgIpc) is 2.47. The highest BCUT2D eigenvalue weighted by molar-refractivity contribution is 5.76. The monoisotopic (exact) mass is 322 g/mol. The molecular formula is C14H9F3N4O2. The van der Waals surface area contributed by atoms with Gasteiger partial charge in [0.05, 0.1) is 16.8 Å². The first-order chi connectivity index (χ1) is 10.8. The molecule has 0 aliphatic heterocycles. The predicted octanol–water partition coefficient (Wildman–Crippen LogP) is 1.80.